The second kappa shape index (κ2) is 5.62. The second-order valence-electron chi connectivity index (χ2n) is 4.36. The fourth-order valence-corrected chi connectivity index (χ4v) is 5.00. The van der Waals surface area contributed by atoms with Crippen molar-refractivity contribution in [1.82, 2.24) is 4.90 Å². The summed E-state index contributed by atoms with van der Waals surface area (Å²) in [6.07, 6.45) is 6.02. The van der Waals surface area contributed by atoms with Crippen LogP contribution in [0.5, 0.6) is 0 Å². The predicted octanol–water partition coefficient (Wildman–Crippen LogP) is 2.02. The summed E-state index contributed by atoms with van der Waals surface area (Å²) in [5.41, 5.74) is 0. The Bertz CT molecular complexity index is 559. The highest BCUT2D eigenvalue weighted by Crippen LogP contribution is 2.26. The van der Waals surface area contributed by atoms with Gasteiger partial charge in [-0.3, -0.25) is 4.90 Å². The molecule has 0 N–H and O–H groups in total. The van der Waals surface area contributed by atoms with E-state index < -0.39 is 9.84 Å². The average molecular weight is 304 g/mol. The van der Waals surface area contributed by atoms with Gasteiger partial charge in [0.1, 0.15) is 0 Å². The number of sulfone groups is 1. The molecule has 98 valence electrons. The van der Waals surface area contributed by atoms with Crippen LogP contribution in [-0.2, 0) is 16.4 Å². The maximum absolute atomic E-state index is 11.5. The first-order chi connectivity index (χ1) is 8.52. The fourth-order valence-electron chi connectivity index (χ4n) is 2.12. The minimum absolute atomic E-state index is 0.0178. The monoisotopic (exact) mass is 303 g/mol. The maximum Gasteiger partial charge on any atom is 0.151 e. The quantitative estimate of drug-likeness (QED) is 0.799. The first-order valence-electron chi connectivity index (χ1n) is 5.61. The Morgan fingerprint density at radius 1 is 1.61 bits per heavy atom. The van der Waals surface area contributed by atoms with E-state index in [1.165, 1.54) is 0 Å². The maximum atomic E-state index is 11.5. The van der Waals surface area contributed by atoms with E-state index in [4.69, 9.17) is 18.0 Å². The normalized spacial score (nSPS) is 22.2. The van der Waals surface area contributed by atoms with Gasteiger partial charge in [-0.15, -0.1) is 17.8 Å². The van der Waals surface area contributed by atoms with E-state index in [-0.39, 0.29) is 17.5 Å². The summed E-state index contributed by atoms with van der Waals surface area (Å²) < 4.78 is 23.0. The lowest BCUT2D eigenvalue weighted by Crippen LogP contribution is -2.35. The molecule has 1 aromatic heterocycles. The van der Waals surface area contributed by atoms with E-state index in [9.17, 15) is 8.42 Å². The van der Waals surface area contributed by atoms with Crippen LogP contribution < -0.4 is 0 Å². The zero-order valence-corrected chi connectivity index (χ0v) is 12.2. The van der Waals surface area contributed by atoms with E-state index in [0.29, 0.717) is 19.5 Å². The third-order valence-electron chi connectivity index (χ3n) is 3.06. The summed E-state index contributed by atoms with van der Waals surface area (Å²) in [7, 11) is -2.89. The van der Waals surface area contributed by atoms with Crippen molar-refractivity contribution in [2.24, 2.45) is 0 Å². The van der Waals surface area contributed by atoms with Crippen LogP contribution in [0.15, 0.2) is 11.4 Å². The number of halogens is 1. The van der Waals surface area contributed by atoms with Crippen molar-refractivity contribution >= 4 is 32.8 Å². The summed E-state index contributed by atoms with van der Waals surface area (Å²) in [4.78, 5) is 3.07. The van der Waals surface area contributed by atoms with Gasteiger partial charge in [0, 0.05) is 17.5 Å². The standard InChI is InChI=1S/C12H14ClNO2S2/c1-2-5-14(8-12-11(13)3-6-17-12)10-4-7-18(15,16)9-10/h1,3,6,10H,4-5,7-9H2/t10-/m0/s1. The molecule has 18 heavy (non-hydrogen) atoms. The second-order valence-corrected chi connectivity index (χ2v) is 7.99. The summed E-state index contributed by atoms with van der Waals surface area (Å²) in [5, 5.41) is 2.65. The molecule has 0 aliphatic carbocycles. The molecule has 0 amide bonds. The Balaban J connectivity index is 2.10. The molecule has 0 unspecified atom stereocenters. The molecule has 0 aromatic carbocycles. The number of terminal acetylenes is 1. The number of rotatable bonds is 4. The van der Waals surface area contributed by atoms with Crippen molar-refractivity contribution in [3.05, 3.63) is 21.3 Å². The molecule has 1 aromatic rings. The van der Waals surface area contributed by atoms with E-state index in [1.54, 1.807) is 11.3 Å². The molecule has 1 aliphatic heterocycles. The summed E-state index contributed by atoms with van der Waals surface area (Å²) in [6, 6.07) is 1.87. The lowest BCUT2D eigenvalue weighted by Gasteiger charge is -2.25. The van der Waals surface area contributed by atoms with Gasteiger partial charge in [-0.2, -0.15) is 0 Å². The zero-order valence-electron chi connectivity index (χ0n) is 9.80. The van der Waals surface area contributed by atoms with Gasteiger partial charge in [0.15, 0.2) is 9.84 Å². The molecule has 2 heterocycles. The van der Waals surface area contributed by atoms with Crippen LogP contribution in [0.3, 0.4) is 0 Å². The van der Waals surface area contributed by atoms with Gasteiger partial charge in [-0.1, -0.05) is 17.5 Å². The minimum Gasteiger partial charge on any atom is -0.283 e. The van der Waals surface area contributed by atoms with Crippen LogP contribution in [-0.4, -0.2) is 37.4 Å². The smallest absolute Gasteiger partial charge is 0.151 e. The Labute approximate surface area is 117 Å². The Hall–Kier alpha value is -0.540. The topological polar surface area (TPSA) is 37.4 Å². The number of nitrogens with zero attached hydrogens (tertiary/aromatic N) is 1. The molecule has 1 fully saturated rings. The Morgan fingerprint density at radius 2 is 2.39 bits per heavy atom. The van der Waals surface area contributed by atoms with Crippen molar-refractivity contribution in [2.75, 3.05) is 18.1 Å². The molecule has 0 spiro atoms. The van der Waals surface area contributed by atoms with Crippen molar-refractivity contribution < 1.29 is 8.42 Å². The van der Waals surface area contributed by atoms with Gasteiger partial charge in [0.25, 0.3) is 0 Å². The molecular weight excluding hydrogens is 290 g/mol. The van der Waals surface area contributed by atoms with Gasteiger partial charge in [-0.05, 0) is 17.9 Å². The van der Waals surface area contributed by atoms with E-state index in [2.05, 4.69) is 5.92 Å². The van der Waals surface area contributed by atoms with Gasteiger partial charge in [0.2, 0.25) is 0 Å². The van der Waals surface area contributed by atoms with Crippen LogP contribution in [0.25, 0.3) is 0 Å². The predicted molar refractivity (Wildman–Crippen MR) is 75.6 cm³/mol. The van der Waals surface area contributed by atoms with Crippen LogP contribution in [0, 0.1) is 12.3 Å². The van der Waals surface area contributed by atoms with Crippen molar-refractivity contribution in [1.29, 1.82) is 0 Å². The van der Waals surface area contributed by atoms with Gasteiger partial charge in [0.05, 0.1) is 23.1 Å². The van der Waals surface area contributed by atoms with Crippen molar-refractivity contribution in [2.45, 2.75) is 19.0 Å². The molecule has 0 radical (unpaired) electrons. The summed E-state index contributed by atoms with van der Waals surface area (Å²) in [6.45, 7) is 1.08. The molecule has 0 saturated carbocycles. The van der Waals surface area contributed by atoms with Crippen molar-refractivity contribution in [3.63, 3.8) is 0 Å². The molecule has 3 nitrogen and oxygen atoms in total. The largest absolute Gasteiger partial charge is 0.283 e. The molecule has 1 aliphatic rings. The molecule has 1 saturated heterocycles. The fraction of sp³-hybridized carbons (Fsp3) is 0.500. The third-order valence-corrected chi connectivity index (χ3v) is 6.18. The van der Waals surface area contributed by atoms with E-state index in [0.717, 1.165) is 9.90 Å². The first-order valence-corrected chi connectivity index (χ1v) is 8.69. The molecular formula is C12H14ClNO2S2. The van der Waals surface area contributed by atoms with Gasteiger partial charge < -0.3 is 0 Å². The molecule has 6 heteroatoms. The van der Waals surface area contributed by atoms with Crippen LogP contribution >= 0.6 is 22.9 Å². The highest BCUT2D eigenvalue weighted by atomic mass is 35.5. The lowest BCUT2D eigenvalue weighted by atomic mass is 10.2. The average Bonchev–Trinajstić information content (AvgIpc) is 2.85. The van der Waals surface area contributed by atoms with Gasteiger partial charge in [-0.25, -0.2) is 8.42 Å². The minimum atomic E-state index is -2.89. The first kappa shape index (κ1) is 13.9. The van der Waals surface area contributed by atoms with Crippen LogP contribution in [0.4, 0.5) is 0 Å². The highest BCUT2D eigenvalue weighted by Gasteiger charge is 2.32. The Morgan fingerprint density at radius 3 is 2.89 bits per heavy atom. The van der Waals surface area contributed by atoms with Crippen LogP contribution in [0.2, 0.25) is 5.02 Å². The van der Waals surface area contributed by atoms with E-state index >= 15 is 0 Å². The summed E-state index contributed by atoms with van der Waals surface area (Å²) >= 11 is 7.63. The Kier molecular flexibility index (Phi) is 4.33. The number of hydrogen-bond acceptors (Lipinski definition) is 4. The number of thiophene rings is 1. The number of hydrogen-bond donors (Lipinski definition) is 0. The third kappa shape index (κ3) is 3.27. The zero-order chi connectivity index (χ0) is 13.2. The lowest BCUT2D eigenvalue weighted by molar-refractivity contribution is 0.232. The van der Waals surface area contributed by atoms with E-state index in [1.807, 2.05) is 16.3 Å². The molecule has 1 atom stereocenters. The molecule has 0 bridgehead atoms. The molecule has 2 rings (SSSR count). The van der Waals surface area contributed by atoms with Gasteiger partial charge >= 0.3 is 0 Å². The SMILES string of the molecule is C#CCN(Cc1sccc1Cl)[C@H]1CCS(=O)(=O)C1. The highest BCUT2D eigenvalue weighted by molar-refractivity contribution is 7.91. The van der Waals surface area contributed by atoms with Crippen LogP contribution in [0.1, 0.15) is 11.3 Å². The summed E-state index contributed by atoms with van der Waals surface area (Å²) in [5.74, 6) is 3.06. The van der Waals surface area contributed by atoms with Crippen molar-refractivity contribution in [3.8, 4) is 12.3 Å².